The second-order valence-corrected chi connectivity index (χ2v) is 4.31. The molecule has 1 rings (SSSR count). The summed E-state index contributed by atoms with van der Waals surface area (Å²) >= 11 is 0. The highest BCUT2D eigenvalue weighted by molar-refractivity contribution is 5.80. The lowest BCUT2D eigenvalue weighted by atomic mass is 9.98. The molecule has 1 atom stereocenters. The summed E-state index contributed by atoms with van der Waals surface area (Å²) in [6.07, 6.45) is -1.74. The quantitative estimate of drug-likeness (QED) is 0.481. The summed E-state index contributed by atoms with van der Waals surface area (Å²) in [6.45, 7) is 7.12. The van der Waals surface area contributed by atoms with E-state index in [1.807, 2.05) is 6.92 Å². The molecular weight excluding hydrogens is 243 g/mol. The predicted molar refractivity (Wildman–Crippen MR) is 66.5 cm³/mol. The van der Waals surface area contributed by atoms with E-state index in [0.717, 1.165) is 0 Å². The third kappa shape index (κ3) is 4.23. The fraction of sp³-hybridized carbons (Fsp3) is 0.750. The summed E-state index contributed by atoms with van der Waals surface area (Å²) in [4.78, 5) is 5.91. The van der Waals surface area contributed by atoms with Crippen LogP contribution >= 0.6 is 0 Å². The molecule has 0 bridgehead atoms. The van der Waals surface area contributed by atoms with E-state index in [0.29, 0.717) is 32.0 Å². The monoisotopic (exact) mass is 263 g/mol. The van der Waals surface area contributed by atoms with Crippen LogP contribution in [0.15, 0.2) is 17.6 Å². The van der Waals surface area contributed by atoms with Gasteiger partial charge < -0.3 is 10.2 Å². The van der Waals surface area contributed by atoms with Crippen LogP contribution in [-0.4, -0.2) is 43.2 Å². The van der Waals surface area contributed by atoms with Crippen molar-refractivity contribution in [3.8, 4) is 0 Å². The molecule has 104 valence electrons. The number of nitrogens with one attached hydrogen (secondary N) is 1. The molecule has 1 fully saturated rings. The van der Waals surface area contributed by atoms with E-state index in [4.69, 9.17) is 0 Å². The van der Waals surface area contributed by atoms with Gasteiger partial charge in [0.1, 0.15) is 0 Å². The van der Waals surface area contributed by atoms with Gasteiger partial charge in [-0.1, -0.05) is 6.08 Å². The first-order valence-electron chi connectivity index (χ1n) is 6.20. The smallest absolute Gasteiger partial charge is 0.357 e. The van der Waals surface area contributed by atoms with Gasteiger partial charge in [0, 0.05) is 19.6 Å². The van der Waals surface area contributed by atoms with Crippen molar-refractivity contribution >= 4 is 5.96 Å². The SMILES string of the molecule is C=CCN=C(NCC)N1CCCC(C(F)(F)F)C1. The Bertz CT molecular complexity index is 299. The third-order valence-electron chi connectivity index (χ3n) is 2.89. The first-order valence-corrected chi connectivity index (χ1v) is 6.20. The van der Waals surface area contributed by atoms with E-state index >= 15 is 0 Å². The first-order chi connectivity index (χ1) is 8.49. The van der Waals surface area contributed by atoms with Crippen LogP contribution in [0.2, 0.25) is 0 Å². The Morgan fingerprint density at radius 2 is 2.28 bits per heavy atom. The second-order valence-electron chi connectivity index (χ2n) is 4.31. The van der Waals surface area contributed by atoms with Gasteiger partial charge in [0.2, 0.25) is 0 Å². The highest BCUT2D eigenvalue weighted by Crippen LogP contribution is 2.33. The van der Waals surface area contributed by atoms with Gasteiger partial charge in [-0.15, -0.1) is 6.58 Å². The Labute approximate surface area is 106 Å². The van der Waals surface area contributed by atoms with E-state index < -0.39 is 12.1 Å². The van der Waals surface area contributed by atoms with Crippen LogP contribution in [0.4, 0.5) is 13.2 Å². The molecule has 3 nitrogen and oxygen atoms in total. The fourth-order valence-electron chi connectivity index (χ4n) is 2.01. The molecule has 0 radical (unpaired) electrons. The minimum absolute atomic E-state index is 0.00746. The summed E-state index contributed by atoms with van der Waals surface area (Å²) in [6, 6.07) is 0. The molecule has 0 saturated carbocycles. The lowest BCUT2D eigenvalue weighted by molar-refractivity contribution is -0.183. The molecule has 1 unspecified atom stereocenters. The van der Waals surface area contributed by atoms with Gasteiger partial charge in [0.05, 0.1) is 12.5 Å². The Morgan fingerprint density at radius 1 is 1.56 bits per heavy atom. The molecule has 1 N–H and O–H groups in total. The molecular formula is C12H20F3N3. The average molecular weight is 263 g/mol. The topological polar surface area (TPSA) is 27.6 Å². The van der Waals surface area contributed by atoms with Gasteiger partial charge >= 0.3 is 6.18 Å². The minimum Gasteiger partial charge on any atom is -0.357 e. The molecule has 0 aromatic heterocycles. The van der Waals surface area contributed by atoms with Gasteiger partial charge in [-0.3, -0.25) is 0 Å². The van der Waals surface area contributed by atoms with Crippen molar-refractivity contribution in [1.82, 2.24) is 10.2 Å². The van der Waals surface area contributed by atoms with Crippen molar-refractivity contribution in [3.63, 3.8) is 0 Å². The maximum Gasteiger partial charge on any atom is 0.393 e. The lowest BCUT2D eigenvalue weighted by Gasteiger charge is -2.35. The van der Waals surface area contributed by atoms with Crippen LogP contribution in [0.3, 0.4) is 0 Å². The molecule has 1 heterocycles. The fourth-order valence-corrected chi connectivity index (χ4v) is 2.01. The third-order valence-corrected chi connectivity index (χ3v) is 2.89. The summed E-state index contributed by atoms with van der Waals surface area (Å²) in [7, 11) is 0. The van der Waals surface area contributed by atoms with E-state index in [1.54, 1.807) is 11.0 Å². The van der Waals surface area contributed by atoms with Crippen LogP contribution in [0.1, 0.15) is 19.8 Å². The number of likely N-dealkylation sites (tertiary alicyclic amines) is 1. The average Bonchev–Trinajstić information content (AvgIpc) is 2.33. The molecule has 0 aromatic carbocycles. The van der Waals surface area contributed by atoms with E-state index in [1.165, 1.54) is 0 Å². The summed E-state index contributed by atoms with van der Waals surface area (Å²) in [5.41, 5.74) is 0. The second kappa shape index (κ2) is 6.66. The zero-order chi connectivity index (χ0) is 13.6. The zero-order valence-corrected chi connectivity index (χ0v) is 10.6. The van der Waals surface area contributed by atoms with Crippen molar-refractivity contribution in [2.45, 2.75) is 25.9 Å². The Kier molecular flexibility index (Phi) is 5.50. The van der Waals surface area contributed by atoms with Gasteiger partial charge in [0.25, 0.3) is 0 Å². The first kappa shape index (κ1) is 14.9. The standard InChI is InChI=1S/C12H20F3N3/c1-3-7-17-11(16-4-2)18-8-5-6-10(9-18)12(13,14)15/h3,10H,1,4-9H2,2H3,(H,16,17). The minimum atomic E-state index is -4.12. The Morgan fingerprint density at radius 3 is 2.83 bits per heavy atom. The number of guanidine groups is 1. The van der Waals surface area contributed by atoms with Crippen LogP contribution in [0, 0.1) is 5.92 Å². The van der Waals surface area contributed by atoms with E-state index in [2.05, 4.69) is 16.9 Å². The lowest BCUT2D eigenvalue weighted by Crippen LogP contribution is -2.49. The zero-order valence-electron chi connectivity index (χ0n) is 10.6. The van der Waals surface area contributed by atoms with Crippen molar-refractivity contribution in [2.24, 2.45) is 10.9 Å². The van der Waals surface area contributed by atoms with Gasteiger partial charge in [0.15, 0.2) is 5.96 Å². The number of nitrogens with zero attached hydrogens (tertiary/aromatic N) is 2. The summed E-state index contributed by atoms with van der Waals surface area (Å²) < 4.78 is 38.1. The molecule has 1 saturated heterocycles. The van der Waals surface area contributed by atoms with Crippen LogP contribution in [0.5, 0.6) is 0 Å². The predicted octanol–water partition coefficient (Wildman–Crippen LogP) is 2.41. The number of halogens is 3. The van der Waals surface area contributed by atoms with Crippen LogP contribution in [0.25, 0.3) is 0 Å². The van der Waals surface area contributed by atoms with Gasteiger partial charge in [-0.2, -0.15) is 13.2 Å². The molecule has 1 aliphatic rings. The van der Waals surface area contributed by atoms with E-state index in [-0.39, 0.29) is 13.0 Å². The molecule has 0 aromatic rings. The normalized spacial score (nSPS) is 21.9. The summed E-state index contributed by atoms with van der Waals surface area (Å²) in [5, 5.41) is 3.02. The van der Waals surface area contributed by atoms with Crippen LogP contribution in [-0.2, 0) is 0 Å². The van der Waals surface area contributed by atoms with Crippen molar-refractivity contribution in [3.05, 3.63) is 12.7 Å². The van der Waals surface area contributed by atoms with Crippen molar-refractivity contribution in [1.29, 1.82) is 0 Å². The molecule has 1 aliphatic heterocycles. The maximum atomic E-state index is 12.7. The maximum absolute atomic E-state index is 12.7. The number of rotatable bonds is 3. The van der Waals surface area contributed by atoms with Crippen LogP contribution < -0.4 is 5.32 Å². The number of piperidine rings is 1. The molecule has 0 amide bonds. The van der Waals surface area contributed by atoms with Gasteiger partial charge in [-0.05, 0) is 19.8 Å². The number of aliphatic imine (C=N–C) groups is 1. The largest absolute Gasteiger partial charge is 0.393 e. The number of hydrogen-bond acceptors (Lipinski definition) is 1. The molecule has 18 heavy (non-hydrogen) atoms. The van der Waals surface area contributed by atoms with Gasteiger partial charge in [-0.25, -0.2) is 4.99 Å². The molecule has 0 spiro atoms. The Balaban J connectivity index is 2.70. The highest BCUT2D eigenvalue weighted by Gasteiger charge is 2.42. The van der Waals surface area contributed by atoms with Crippen molar-refractivity contribution < 1.29 is 13.2 Å². The van der Waals surface area contributed by atoms with Crippen molar-refractivity contribution in [2.75, 3.05) is 26.2 Å². The number of hydrogen-bond donors (Lipinski definition) is 1. The molecule has 6 heteroatoms. The molecule has 0 aliphatic carbocycles. The van der Waals surface area contributed by atoms with E-state index in [9.17, 15) is 13.2 Å². The number of alkyl halides is 3. The summed E-state index contributed by atoms with van der Waals surface area (Å²) in [5.74, 6) is -0.704. The highest BCUT2D eigenvalue weighted by atomic mass is 19.4. The Hall–Kier alpha value is -1.20.